The summed E-state index contributed by atoms with van der Waals surface area (Å²) in [7, 11) is 0. The maximum absolute atomic E-state index is 14.3. The van der Waals surface area contributed by atoms with Crippen molar-refractivity contribution in [1.82, 2.24) is 20.1 Å². The molecule has 2 aliphatic rings. The molecule has 1 aromatic carbocycles. The highest BCUT2D eigenvalue weighted by molar-refractivity contribution is 5.39. The first kappa shape index (κ1) is 25.2. The van der Waals surface area contributed by atoms with E-state index in [1.165, 1.54) is 19.9 Å². The van der Waals surface area contributed by atoms with Gasteiger partial charge in [0.2, 0.25) is 5.95 Å². The minimum atomic E-state index is -1.67. The molecular weight excluding hydrogens is 487 g/mol. The van der Waals surface area contributed by atoms with Crippen LogP contribution in [0.25, 0.3) is 0 Å². The average molecular weight is 518 g/mol. The minimum Gasteiger partial charge on any atom is -0.490 e. The predicted molar refractivity (Wildman–Crippen MR) is 130 cm³/mol. The van der Waals surface area contributed by atoms with Crippen molar-refractivity contribution >= 4 is 11.9 Å². The lowest BCUT2D eigenvalue weighted by atomic mass is 9.94. The Hall–Kier alpha value is -3.41. The van der Waals surface area contributed by atoms with Crippen LogP contribution in [0.4, 0.5) is 25.1 Å². The number of anilines is 2. The van der Waals surface area contributed by atoms with E-state index in [4.69, 9.17) is 15.0 Å². The van der Waals surface area contributed by atoms with Gasteiger partial charge in [-0.2, -0.15) is 4.98 Å². The number of nitrogens with two attached hydrogens (primary N) is 1. The van der Waals surface area contributed by atoms with Crippen molar-refractivity contribution in [3.05, 3.63) is 53.7 Å². The van der Waals surface area contributed by atoms with E-state index in [9.17, 15) is 13.2 Å². The third kappa shape index (κ3) is 5.63. The molecule has 2 aromatic heterocycles. The molecule has 0 amide bonds. The predicted octanol–water partition coefficient (Wildman–Crippen LogP) is 3.57. The summed E-state index contributed by atoms with van der Waals surface area (Å²) in [5, 5.41) is 3.91. The molecule has 0 bridgehead atoms. The van der Waals surface area contributed by atoms with E-state index in [2.05, 4.69) is 20.1 Å². The van der Waals surface area contributed by atoms with Gasteiger partial charge in [-0.15, -0.1) is 0 Å². The topological polar surface area (TPSA) is 106 Å². The van der Waals surface area contributed by atoms with Gasteiger partial charge in [0.05, 0.1) is 19.0 Å². The number of hydrogen-bond donors (Lipinski definition) is 1. The molecule has 0 saturated carbocycles. The van der Waals surface area contributed by atoms with Gasteiger partial charge < -0.3 is 24.8 Å². The molecule has 2 N–H and O–H groups in total. The Morgan fingerprint density at radius 3 is 2.49 bits per heavy atom. The summed E-state index contributed by atoms with van der Waals surface area (Å²) >= 11 is 0. The number of hydrogen-bond acceptors (Lipinski definition) is 9. The van der Waals surface area contributed by atoms with Crippen LogP contribution in [-0.4, -0.2) is 58.9 Å². The number of nitrogens with zero attached hydrogens (tertiary/aromatic N) is 6. The van der Waals surface area contributed by atoms with Gasteiger partial charge in [-0.3, -0.25) is 0 Å². The lowest BCUT2D eigenvalue weighted by Crippen LogP contribution is -2.36. The van der Waals surface area contributed by atoms with E-state index in [0.717, 1.165) is 38.1 Å². The van der Waals surface area contributed by atoms with E-state index in [-0.39, 0.29) is 23.4 Å². The number of rotatable bonds is 7. The van der Waals surface area contributed by atoms with Crippen molar-refractivity contribution < 1.29 is 22.4 Å². The van der Waals surface area contributed by atoms with Crippen molar-refractivity contribution in [2.45, 2.75) is 44.3 Å². The van der Waals surface area contributed by atoms with Crippen LogP contribution in [0.2, 0.25) is 0 Å². The first-order valence-electron chi connectivity index (χ1n) is 12.4. The number of piperidine rings is 1. The monoisotopic (exact) mass is 517 g/mol. The summed E-state index contributed by atoms with van der Waals surface area (Å²) in [5.74, 6) is 0.418. The first-order chi connectivity index (χ1) is 17.7. The molecule has 0 unspecified atom stereocenters. The quantitative estimate of drug-likeness (QED) is 0.503. The standard InChI is InChI=1S/C25H30F3N7O2/c1-25(2,28)22-32-24(33-37-22)34-7-5-15(6-8-34)14-36-17-10-30-23(31-11-17)35-12-19(21(29)13-35)18-9-16(26)3-4-20(18)27/h3-4,9-11,15,19,21H,5-8,12-14,29H2,1-2H3/t19-,21+/m1/s1. The van der Waals surface area contributed by atoms with Gasteiger partial charge in [-0.05, 0) is 61.5 Å². The largest absolute Gasteiger partial charge is 0.490 e. The highest BCUT2D eigenvalue weighted by Gasteiger charge is 2.34. The maximum Gasteiger partial charge on any atom is 0.266 e. The molecule has 0 aliphatic carbocycles. The summed E-state index contributed by atoms with van der Waals surface area (Å²) in [6.07, 6.45) is 4.95. The Balaban J connectivity index is 1.11. The van der Waals surface area contributed by atoms with Gasteiger partial charge in [0.1, 0.15) is 11.6 Å². The van der Waals surface area contributed by atoms with E-state index >= 15 is 0 Å². The van der Waals surface area contributed by atoms with Crippen LogP contribution in [0.3, 0.4) is 0 Å². The van der Waals surface area contributed by atoms with Crippen LogP contribution >= 0.6 is 0 Å². The highest BCUT2D eigenvalue weighted by atomic mass is 19.1. The number of aromatic nitrogens is 4. The molecule has 0 radical (unpaired) electrons. The fourth-order valence-electron chi connectivity index (χ4n) is 4.77. The van der Waals surface area contributed by atoms with Crippen LogP contribution in [-0.2, 0) is 5.67 Å². The molecule has 198 valence electrons. The Bertz CT molecular complexity index is 1210. The molecular formula is C25H30F3N7O2. The first-order valence-corrected chi connectivity index (χ1v) is 12.4. The van der Waals surface area contributed by atoms with Crippen LogP contribution in [0.15, 0.2) is 35.1 Å². The molecule has 12 heteroatoms. The van der Waals surface area contributed by atoms with Crippen LogP contribution < -0.4 is 20.3 Å². The van der Waals surface area contributed by atoms with Gasteiger partial charge in [0.25, 0.3) is 11.8 Å². The van der Waals surface area contributed by atoms with E-state index in [1.807, 2.05) is 9.80 Å². The molecule has 5 rings (SSSR count). The number of alkyl halides is 1. The van der Waals surface area contributed by atoms with Gasteiger partial charge in [-0.25, -0.2) is 23.1 Å². The average Bonchev–Trinajstić information content (AvgIpc) is 3.53. The second-order valence-electron chi connectivity index (χ2n) is 10.2. The molecule has 2 fully saturated rings. The molecule has 9 nitrogen and oxygen atoms in total. The number of benzene rings is 1. The van der Waals surface area contributed by atoms with Crippen LogP contribution in [0, 0.1) is 17.6 Å². The Kier molecular flexibility index (Phi) is 6.93. The lowest BCUT2D eigenvalue weighted by Gasteiger charge is -2.30. The van der Waals surface area contributed by atoms with Gasteiger partial charge in [-0.1, -0.05) is 0 Å². The number of halogens is 3. The minimum absolute atomic E-state index is 0.0241. The molecule has 3 aromatic rings. The van der Waals surface area contributed by atoms with Crippen LogP contribution in [0.1, 0.15) is 44.1 Å². The smallest absolute Gasteiger partial charge is 0.266 e. The fourth-order valence-corrected chi connectivity index (χ4v) is 4.77. The SMILES string of the molecule is CC(C)(F)c1nc(N2CCC(COc3cnc(N4C[C@H](c5cc(F)ccc5F)[C@@H](N)C4)nc3)CC2)no1. The van der Waals surface area contributed by atoms with Crippen molar-refractivity contribution in [2.24, 2.45) is 11.7 Å². The number of ether oxygens (including phenoxy) is 1. The van der Waals surface area contributed by atoms with Gasteiger partial charge in [0, 0.05) is 38.1 Å². The zero-order chi connectivity index (χ0) is 26.2. The zero-order valence-corrected chi connectivity index (χ0v) is 20.8. The summed E-state index contributed by atoms with van der Waals surface area (Å²) in [4.78, 5) is 16.8. The Morgan fingerprint density at radius 2 is 1.81 bits per heavy atom. The summed E-state index contributed by atoms with van der Waals surface area (Å²) in [5.41, 5.74) is 4.84. The summed E-state index contributed by atoms with van der Waals surface area (Å²) < 4.78 is 52.9. The van der Waals surface area contributed by atoms with Gasteiger partial charge in [0.15, 0.2) is 11.4 Å². The molecule has 2 atom stereocenters. The summed E-state index contributed by atoms with van der Waals surface area (Å²) in [6.45, 7) is 5.55. The van der Waals surface area contributed by atoms with Crippen molar-refractivity contribution in [2.75, 3.05) is 42.6 Å². The van der Waals surface area contributed by atoms with Crippen molar-refractivity contribution in [3.63, 3.8) is 0 Å². The lowest BCUT2D eigenvalue weighted by molar-refractivity contribution is 0.155. The fraction of sp³-hybridized carbons (Fsp3) is 0.520. The van der Waals surface area contributed by atoms with Crippen molar-refractivity contribution in [1.29, 1.82) is 0 Å². The second-order valence-corrected chi connectivity index (χ2v) is 10.2. The van der Waals surface area contributed by atoms with E-state index in [1.54, 1.807) is 12.4 Å². The Morgan fingerprint density at radius 1 is 1.08 bits per heavy atom. The highest BCUT2D eigenvalue weighted by Crippen LogP contribution is 2.31. The molecule has 37 heavy (non-hydrogen) atoms. The van der Waals surface area contributed by atoms with Crippen LogP contribution in [0.5, 0.6) is 5.75 Å². The summed E-state index contributed by atoms with van der Waals surface area (Å²) in [6, 6.07) is 3.06. The molecule has 4 heterocycles. The zero-order valence-electron chi connectivity index (χ0n) is 20.8. The molecule has 0 spiro atoms. The Labute approximate surface area is 212 Å². The molecule has 2 aliphatic heterocycles. The van der Waals surface area contributed by atoms with E-state index < -0.39 is 17.3 Å². The van der Waals surface area contributed by atoms with E-state index in [0.29, 0.717) is 43.3 Å². The third-order valence-electron chi connectivity index (χ3n) is 6.93. The van der Waals surface area contributed by atoms with Crippen molar-refractivity contribution in [3.8, 4) is 5.75 Å². The third-order valence-corrected chi connectivity index (χ3v) is 6.93. The normalized spacial score (nSPS) is 21.0. The maximum atomic E-state index is 14.3. The molecule has 2 saturated heterocycles. The second kappa shape index (κ2) is 10.2. The van der Waals surface area contributed by atoms with Gasteiger partial charge >= 0.3 is 0 Å².